The molecular formula is C12H15N3O3S. The number of fused-ring (bicyclic) bond motifs is 1. The number of amides is 1. The van der Waals surface area contributed by atoms with Crippen molar-refractivity contribution in [2.24, 2.45) is 0 Å². The molecule has 0 radical (unpaired) electrons. The SMILES string of the molecule is CS(=O)(=O)CCNC(=O)c1cc2cccc(N)c2[nH]1. The molecule has 0 saturated carbocycles. The summed E-state index contributed by atoms with van der Waals surface area (Å²) in [5, 5.41) is 3.39. The summed E-state index contributed by atoms with van der Waals surface area (Å²) in [5.74, 6) is -0.430. The van der Waals surface area contributed by atoms with Gasteiger partial charge in [-0.3, -0.25) is 4.79 Å². The summed E-state index contributed by atoms with van der Waals surface area (Å²) in [7, 11) is -3.08. The number of aromatic amines is 1. The third kappa shape index (κ3) is 3.25. The minimum absolute atomic E-state index is 0.0822. The highest BCUT2D eigenvalue weighted by atomic mass is 32.2. The van der Waals surface area contributed by atoms with E-state index in [1.165, 1.54) is 0 Å². The molecule has 7 heteroatoms. The predicted octanol–water partition coefficient (Wildman–Crippen LogP) is 0.524. The zero-order valence-corrected chi connectivity index (χ0v) is 11.3. The Kier molecular flexibility index (Phi) is 3.48. The number of sulfone groups is 1. The Morgan fingerprint density at radius 1 is 1.42 bits per heavy atom. The van der Waals surface area contributed by atoms with E-state index in [-0.39, 0.29) is 18.2 Å². The Hall–Kier alpha value is -2.02. The van der Waals surface area contributed by atoms with Crippen molar-refractivity contribution < 1.29 is 13.2 Å². The van der Waals surface area contributed by atoms with E-state index in [1.54, 1.807) is 18.2 Å². The number of nitrogens with two attached hydrogens (primary N) is 1. The fraction of sp³-hybridized carbons (Fsp3) is 0.250. The van der Waals surface area contributed by atoms with E-state index < -0.39 is 9.84 Å². The van der Waals surface area contributed by atoms with E-state index >= 15 is 0 Å². The van der Waals surface area contributed by atoms with Crippen LogP contribution in [0.5, 0.6) is 0 Å². The van der Waals surface area contributed by atoms with E-state index in [1.807, 2.05) is 6.07 Å². The molecule has 0 bridgehead atoms. The lowest BCUT2D eigenvalue weighted by atomic mass is 10.2. The summed E-state index contributed by atoms with van der Waals surface area (Å²) in [4.78, 5) is 14.8. The van der Waals surface area contributed by atoms with Crippen LogP contribution in [-0.2, 0) is 9.84 Å². The first-order chi connectivity index (χ1) is 8.87. The Morgan fingerprint density at radius 3 is 2.79 bits per heavy atom. The van der Waals surface area contributed by atoms with E-state index in [4.69, 9.17) is 5.73 Å². The molecule has 0 aliphatic carbocycles. The Balaban J connectivity index is 2.12. The second-order valence-corrected chi connectivity index (χ2v) is 6.64. The van der Waals surface area contributed by atoms with Crippen LogP contribution in [-0.4, -0.2) is 37.9 Å². The van der Waals surface area contributed by atoms with Crippen molar-refractivity contribution in [3.8, 4) is 0 Å². The predicted molar refractivity (Wildman–Crippen MR) is 74.8 cm³/mol. The first kappa shape index (κ1) is 13.4. The number of carbonyl (C=O) groups excluding carboxylic acids is 1. The largest absolute Gasteiger partial charge is 0.397 e. The van der Waals surface area contributed by atoms with Crippen LogP contribution >= 0.6 is 0 Å². The topological polar surface area (TPSA) is 105 Å². The average Bonchev–Trinajstić information content (AvgIpc) is 2.72. The number of H-pyrrole nitrogens is 1. The first-order valence-electron chi connectivity index (χ1n) is 5.70. The van der Waals surface area contributed by atoms with Gasteiger partial charge in [-0.2, -0.15) is 0 Å². The number of hydrogen-bond donors (Lipinski definition) is 3. The van der Waals surface area contributed by atoms with Crippen LogP contribution in [0.25, 0.3) is 10.9 Å². The van der Waals surface area contributed by atoms with E-state index in [9.17, 15) is 13.2 Å². The molecule has 0 atom stereocenters. The van der Waals surface area contributed by atoms with Crippen LogP contribution in [0, 0.1) is 0 Å². The number of hydrogen-bond acceptors (Lipinski definition) is 4. The molecule has 6 nitrogen and oxygen atoms in total. The van der Waals surface area contributed by atoms with Gasteiger partial charge in [0.05, 0.1) is 17.0 Å². The summed E-state index contributed by atoms with van der Waals surface area (Å²) in [6, 6.07) is 7.07. The second kappa shape index (κ2) is 4.93. The maximum atomic E-state index is 11.8. The highest BCUT2D eigenvalue weighted by Crippen LogP contribution is 2.20. The van der Waals surface area contributed by atoms with Gasteiger partial charge in [0, 0.05) is 18.2 Å². The number of anilines is 1. The molecule has 19 heavy (non-hydrogen) atoms. The van der Waals surface area contributed by atoms with Crippen LogP contribution in [0.3, 0.4) is 0 Å². The number of para-hydroxylation sites is 1. The van der Waals surface area contributed by atoms with Gasteiger partial charge in [-0.25, -0.2) is 8.42 Å². The van der Waals surface area contributed by atoms with Crippen molar-refractivity contribution in [1.82, 2.24) is 10.3 Å². The lowest BCUT2D eigenvalue weighted by Crippen LogP contribution is -2.28. The molecule has 1 heterocycles. The van der Waals surface area contributed by atoms with Crippen molar-refractivity contribution in [3.05, 3.63) is 30.0 Å². The van der Waals surface area contributed by atoms with Crippen LogP contribution in [0.2, 0.25) is 0 Å². The zero-order chi connectivity index (χ0) is 14.0. The molecule has 2 aromatic rings. The van der Waals surface area contributed by atoms with Crippen LogP contribution in [0.15, 0.2) is 24.3 Å². The maximum Gasteiger partial charge on any atom is 0.267 e. The molecule has 4 N–H and O–H groups in total. The van der Waals surface area contributed by atoms with Gasteiger partial charge in [0.25, 0.3) is 5.91 Å². The van der Waals surface area contributed by atoms with Crippen molar-refractivity contribution in [2.75, 3.05) is 24.3 Å². The summed E-state index contributed by atoms with van der Waals surface area (Å²) in [6.45, 7) is 0.0858. The maximum absolute atomic E-state index is 11.8. The van der Waals surface area contributed by atoms with E-state index in [0.29, 0.717) is 16.9 Å². The number of benzene rings is 1. The lowest BCUT2D eigenvalue weighted by molar-refractivity contribution is 0.0952. The van der Waals surface area contributed by atoms with Gasteiger partial charge in [0.1, 0.15) is 15.5 Å². The highest BCUT2D eigenvalue weighted by molar-refractivity contribution is 7.90. The number of nitrogens with one attached hydrogen (secondary N) is 2. The Morgan fingerprint density at radius 2 is 2.16 bits per heavy atom. The normalized spacial score (nSPS) is 11.6. The Labute approximate surface area is 110 Å². The van der Waals surface area contributed by atoms with Crippen molar-refractivity contribution in [3.63, 3.8) is 0 Å². The monoisotopic (exact) mass is 281 g/mol. The molecule has 1 aromatic carbocycles. The molecule has 102 valence electrons. The zero-order valence-electron chi connectivity index (χ0n) is 10.4. The molecule has 0 saturated heterocycles. The molecule has 1 amide bonds. The molecular weight excluding hydrogens is 266 g/mol. The molecule has 0 spiro atoms. The van der Waals surface area contributed by atoms with Gasteiger partial charge in [0.2, 0.25) is 0 Å². The first-order valence-corrected chi connectivity index (χ1v) is 7.76. The number of nitrogen functional groups attached to an aromatic ring is 1. The highest BCUT2D eigenvalue weighted by Gasteiger charge is 2.11. The fourth-order valence-corrected chi connectivity index (χ4v) is 2.22. The quantitative estimate of drug-likeness (QED) is 0.711. The van der Waals surface area contributed by atoms with Gasteiger partial charge < -0.3 is 16.0 Å². The molecule has 0 aliphatic heterocycles. The van der Waals surface area contributed by atoms with E-state index in [0.717, 1.165) is 11.6 Å². The molecule has 0 unspecified atom stereocenters. The fourth-order valence-electron chi connectivity index (χ4n) is 1.75. The van der Waals surface area contributed by atoms with Crippen LogP contribution in [0.1, 0.15) is 10.5 Å². The summed E-state index contributed by atoms with van der Waals surface area (Å²) >= 11 is 0. The molecule has 0 aliphatic rings. The minimum Gasteiger partial charge on any atom is -0.397 e. The molecule has 1 aromatic heterocycles. The summed E-state index contributed by atoms with van der Waals surface area (Å²) in [5.41, 5.74) is 7.41. The van der Waals surface area contributed by atoms with Crippen molar-refractivity contribution >= 4 is 32.3 Å². The Bertz CT molecular complexity index is 719. The van der Waals surface area contributed by atoms with Gasteiger partial charge in [-0.1, -0.05) is 12.1 Å². The van der Waals surface area contributed by atoms with Gasteiger partial charge >= 0.3 is 0 Å². The summed E-state index contributed by atoms with van der Waals surface area (Å²) < 4.78 is 21.9. The van der Waals surface area contributed by atoms with Gasteiger partial charge in [-0.05, 0) is 12.1 Å². The standard InChI is InChI=1S/C12H15N3O3S/c1-19(17,18)6-5-14-12(16)10-7-8-3-2-4-9(13)11(8)15-10/h2-4,7,15H,5-6,13H2,1H3,(H,14,16). The third-order valence-corrected chi connectivity index (χ3v) is 3.64. The minimum atomic E-state index is -3.08. The van der Waals surface area contributed by atoms with Gasteiger partial charge in [-0.15, -0.1) is 0 Å². The number of rotatable bonds is 4. The third-order valence-electron chi connectivity index (χ3n) is 2.69. The molecule has 2 rings (SSSR count). The number of carbonyl (C=O) groups is 1. The van der Waals surface area contributed by atoms with Gasteiger partial charge in [0.15, 0.2) is 0 Å². The number of aromatic nitrogens is 1. The second-order valence-electron chi connectivity index (χ2n) is 4.38. The van der Waals surface area contributed by atoms with E-state index in [2.05, 4.69) is 10.3 Å². The van der Waals surface area contributed by atoms with Crippen LogP contribution < -0.4 is 11.1 Å². The average molecular weight is 281 g/mol. The van der Waals surface area contributed by atoms with Crippen molar-refractivity contribution in [2.45, 2.75) is 0 Å². The summed E-state index contributed by atoms with van der Waals surface area (Å²) in [6.07, 6.45) is 1.13. The van der Waals surface area contributed by atoms with Crippen molar-refractivity contribution in [1.29, 1.82) is 0 Å². The lowest BCUT2D eigenvalue weighted by Gasteiger charge is -2.02. The smallest absolute Gasteiger partial charge is 0.267 e. The van der Waals surface area contributed by atoms with Crippen LogP contribution in [0.4, 0.5) is 5.69 Å². The molecule has 0 fully saturated rings.